The van der Waals surface area contributed by atoms with Gasteiger partial charge in [0.1, 0.15) is 23.1 Å². The molecule has 3 aromatic rings. The van der Waals surface area contributed by atoms with E-state index in [1.165, 1.54) is 5.56 Å². The minimum atomic E-state index is -0.314. The minimum absolute atomic E-state index is 0.0200. The SMILES string of the molecule is CCC12CNc3cc(-c4c(C)noc4C)c(OC)cc3C1N(C(C)c1ccccc1)N=N2. The normalized spacial score (nSPS) is 22.3. The summed E-state index contributed by atoms with van der Waals surface area (Å²) in [6.45, 7) is 9.00. The molecular formula is C25H29N5O2. The fourth-order valence-electron chi connectivity index (χ4n) is 5.09. The number of anilines is 1. The van der Waals surface area contributed by atoms with E-state index in [4.69, 9.17) is 19.6 Å². The van der Waals surface area contributed by atoms with Gasteiger partial charge in [0.25, 0.3) is 0 Å². The first-order chi connectivity index (χ1) is 15.5. The van der Waals surface area contributed by atoms with Crippen molar-refractivity contribution in [3.05, 3.63) is 65.0 Å². The Morgan fingerprint density at radius 1 is 1.25 bits per heavy atom. The smallest absolute Gasteiger partial charge is 0.141 e. The minimum Gasteiger partial charge on any atom is -0.496 e. The predicted molar refractivity (Wildman–Crippen MR) is 124 cm³/mol. The van der Waals surface area contributed by atoms with Crippen LogP contribution in [0.15, 0.2) is 57.3 Å². The lowest BCUT2D eigenvalue weighted by molar-refractivity contribution is 0.131. The molecule has 3 heterocycles. The Morgan fingerprint density at radius 2 is 2.03 bits per heavy atom. The molecule has 2 aromatic carbocycles. The van der Waals surface area contributed by atoms with Crippen molar-refractivity contribution in [1.82, 2.24) is 10.2 Å². The van der Waals surface area contributed by atoms with Gasteiger partial charge in [0.05, 0.1) is 24.4 Å². The standard InChI is InChI=1S/C25H29N5O2/c1-6-25-14-26-21-12-20(23-15(2)27-32-17(23)4)22(31-5)13-19(21)24(25)30(29-28-25)16(3)18-10-8-7-9-11-18/h7-13,16,24,26H,6,14H2,1-5H3. The molecule has 0 bridgehead atoms. The van der Waals surface area contributed by atoms with Crippen LogP contribution in [0.2, 0.25) is 0 Å². The van der Waals surface area contributed by atoms with Crippen molar-refractivity contribution in [2.75, 3.05) is 19.0 Å². The Hall–Kier alpha value is -3.35. The number of hydrogen-bond donors (Lipinski definition) is 1. The van der Waals surface area contributed by atoms with E-state index < -0.39 is 0 Å². The van der Waals surface area contributed by atoms with E-state index >= 15 is 0 Å². The number of nitrogens with one attached hydrogen (secondary N) is 1. The maximum Gasteiger partial charge on any atom is 0.141 e. The molecule has 7 heteroatoms. The molecule has 0 aliphatic carbocycles. The van der Waals surface area contributed by atoms with Gasteiger partial charge >= 0.3 is 0 Å². The lowest BCUT2D eigenvalue weighted by Crippen LogP contribution is -2.47. The van der Waals surface area contributed by atoms with E-state index in [1.54, 1.807) is 7.11 Å². The zero-order valence-electron chi connectivity index (χ0n) is 19.2. The van der Waals surface area contributed by atoms with Crippen molar-refractivity contribution < 1.29 is 9.26 Å². The monoisotopic (exact) mass is 431 g/mol. The zero-order valence-corrected chi connectivity index (χ0v) is 19.2. The van der Waals surface area contributed by atoms with Crippen molar-refractivity contribution in [3.63, 3.8) is 0 Å². The highest BCUT2D eigenvalue weighted by Crippen LogP contribution is 2.53. The fourth-order valence-corrected chi connectivity index (χ4v) is 5.09. The van der Waals surface area contributed by atoms with Crippen LogP contribution < -0.4 is 10.1 Å². The van der Waals surface area contributed by atoms with Gasteiger partial charge in [-0.25, -0.2) is 0 Å². The van der Waals surface area contributed by atoms with E-state index in [2.05, 4.69) is 65.7 Å². The first-order valence-corrected chi connectivity index (χ1v) is 11.1. The lowest BCUT2D eigenvalue weighted by atomic mass is 9.78. The number of rotatable bonds is 5. The van der Waals surface area contributed by atoms with Gasteiger partial charge in [0.15, 0.2) is 0 Å². The van der Waals surface area contributed by atoms with E-state index in [9.17, 15) is 0 Å². The molecule has 5 rings (SSSR count). The molecule has 3 unspecified atom stereocenters. The molecule has 0 fully saturated rings. The molecule has 2 aliphatic rings. The second-order valence-electron chi connectivity index (χ2n) is 8.71. The first-order valence-electron chi connectivity index (χ1n) is 11.1. The molecule has 32 heavy (non-hydrogen) atoms. The summed E-state index contributed by atoms with van der Waals surface area (Å²) in [5, 5.41) is 19.4. The van der Waals surface area contributed by atoms with Crippen molar-refractivity contribution in [2.45, 2.75) is 51.7 Å². The van der Waals surface area contributed by atoms with Gasteiger partial charge in [0.2, 0.25) is 0 Å². The first kappa shape index (κ1) is 20.5. The molecule has 0 radical (unpaired) electrons. The van der Waals surface area contributed by atoms with Crippen LogP contribution >= 0.6 is 0 Å². The van der Waals surface area contributed by atoms with Gasteiger partial charge in [-0.2, -0.15) is 5.11 Å². The average molecular weight is 432 g/mol. The molecule has 166 valence electrons. The molecular weight excluding hydrogens is 402 g/mol. The summed E-state index contributed by atoms with van der Waals surface area (Å²) in [5.74, 6) is 1.58. The second kappa shape index (κ2) is 7.65. The van der Waals surface area contributed by atoms with Crippen LogP contribution in [0, 0.1) is 13.8 Å². The number of hydrogen-bond acceptors (Lipinski definition) is 7. The number of ether oxygens (including phenoxy) is 1. The van der Waals surface area contributed by atoms with Gasteiger partial charge in [-0.15, -0.1) is 0 Å². The van der Waals surface area contributed by atoms with E-state index in [0.29, 0.717) is 0 Å². The predicted octanol–water partition coefficient (Wildman–Crippen LogP) is 6.03. The Morgan fingerprint density at radius 3 is 2.69 bits per heavy atom. The number of fused-ring (bicyclic) bond motifs is 3. The van der Waals surface area contributed by atoms with Crippen LogP contribution in [0.5, 0.6) is 5.75 Å². The van der Waals surface area contributed by atoms with Crippen molar-refractivity contribution in [3.8, 4) is 16.9 Å². The highest BCUT2D eigenvalue weighted by Gasteiger charge is 2.51. The molecule has 0 spiro atoms. The summed E-state index contributed by atoms with van der Waals surface area (Å²) in [6.07, 6.45) is 0.888. The van der Waals surface area contributed by atoms with Crippen molar-refractivity contribution in [2.24, 2.45) is 10.3 Å². The summed E-state index contributed by atoms with van der Waals surface area (Å²) in [7, 11) is 1.71. The molecule has 0 saturated heterocycles. The number of methoxy groups -OCH3 is 1. The van der Waals surface area contributed by atoms with Gasteiger partial charge in [-0.3, -0.25) is 5.01 Å². The molecule has 1 N–H and O–H groups in total. The highest BCUT2D eigenvalue weighted by atomic mass is 16.5. The van der Waals surface area contributed by atoms with Gasteiger partial charge in [-0.05, 0) is 44.9 Å². The summed E-state index contributed by atoms with van der Waals surface area (Å²) in [4.78, 5) is 0. The summed E-state index contributed by atoms with van der Waals surface area (Å²) >= 11 is 0. The third kappa shape index (κ3) is 2.98. The molecule has 1 aromatic heterocycles. The molecule has 3 atom stereocenters. The summed E-state index contributed by atoms with van der Waals surface area (Å²) in [5.41, 5.74) is 5.95. The lowest BCUT2D eigenvalue weighted by Gasteiger charge is -2.42. The zero-order chi connectivity index (χ0) is 22.5. The fraction of sp³-hybridized carbons (Fsp3) is 0.400. The molecule has 2 aliphatic heterocycles. The number of aryl methyl sites for hydroxylation is 2. The maximum atomic E-state index is 5.86. The van der Waals surface area contributed by atoms with Crippen LogP contribution in [-0.4, -0.2) is 29.4 Å². The summed E-state index contributed by atoms with van der Waals surface area (Å²) < 4.78 is 11.3. The van der Waals surface area contributed by atoms with E-state index in [0.717, 1.165) is 52.5 Å². The van der Waals surface area contributed by atoms with Gasteiger partial charge < -0.3 is 14.6 Å². The quantitative estimate of drug-likeness (QED) is 0.534. The van der Waals surface area contributed by atoms with E-state index in [-0.39, 0.29) is 17.6 Å². The van der Waals surface area contributed by atoms with Gasteiger partial charge in [0, 0.05) is 23.4 Å². The second-order valence-corrected chi connectivity index (χ2v) is 8.71. The number of nitrogens with zero attached hydrogens (tertiary/aromatic N) is 4. The maximum absolute atomic E-state index is 5.86. The topological polar surface area (TPSA) is 75.2 Å². The average Bonchev–Trinajstić information content (AvgIpc) is 3.38. The molecule has 0 saturated carbocycles. The number of benzene rings is 2. The van der Waals surface area contributed by atoms with Gasteiger partial charge in [-0.1, -0.05) is 47.6 Å². The summed E-state index contributed by atoms with van der Waals surface area (Å²) in [6, 6.07) is 14.9. The Labute approximate surface area is 188 Å². The third-order valence-electron chi connectivity index (χ3n) is 6.97. The Bertz CT molecular complexity index is 1150. The van der Waals surface area contributed by atoms with E-state index in [1.807, 2.05) is 19.9 Å². The van der Waals surface area contributed by atoms with Crippen molar-refractivity contribution >= 4 is 5.69 Å². The number of aromatic nitrogens is 1. The Balaban J connectivity index is 1.64. The van der Waals surface area contributed by atoms with Crippen LogP contribution in [0.25, 0.3) is 11.1 Å². The van der Waals surface area contributed by atoms with Crippen molar-refractivity contribution in [1.29, 1.82) is 0 Å². The third-order valence-corrected chi connectivity index (χ3v) is 6.97. The van der Waals surface area contributed by atoms with Crippen LogP contribution in [-0.2, 0) is 0 Å². The molecule has 7 nitrogen and oxygen atoms in total. The van der Waals surface area contributed by atoms with Crippen LogP contribution in [0.4, 0.5) is 5.69 Å². The van der Waals surface area contributed by atoms with Crippen LogP contribution in [0.3, 0.4) is 0 Å². The highest BCUT2D eigenvalue weighted by molar-refractivity contribution is 5.79. The Kier molecular flexibility index (Phi) is 4.92. The molecule has 0 amide bonds. The largest absolute Gasteiger partial charge is 0.496 e. The van der Waals surface area contributed by atoms with Crippen LogP contribution in [0.1, 0.15) is 54.9 Å².